The van der Waals surface area contributed by atoms with Crippen molar-refractivity contribution in [3.8, 4) is 5.75 Å². The zero-order chi connectivity index (χ0) is 32.7. The number of nitrogens with zero attached hydrogens (tertiary/aromatic N) is 4. The van der Waals surface area contributed by atoms with Crippen LogP contribution in [0.25, 0.3) is 5.57 Å². The molecular weight excluding hydrogens is 741 g/mol. The van der Waals surface area contributed by atoms with Crippen LogP contribution in [0.3, 0.4) is 0 Å². The van der Waals surface area contributed by atoms with Gasteiger partial charge in [-0.15, -0.1) is 62.8 Å². The van der Waals surface area contributed by atoms with Crippen molar-refractivity contribution < 1.29 is 26.7 Å². The first-order valence-corrected chi connectivity index (χ1v) is 16.0. The molecule has 5 rings (SSSR count). The first kappa shape index (κ1) is 45.9. The number of piperazine rings is 2. The molecule has 3 aromatic carbocycles. The van der Waals surface area contributed by atoms with Crippen molar-refractivity contribution in [3.05, 3.63) is 107 Å². The number of rotatable bonds is 11. The van der Waals surface area contributed by atoms with E-state index in [1.54, 1.807) is 36.4 Å². The molecule has 2 aliphatic heterocycles. The fraction of sp³-hybridized carbons (Fsp3) is 0.444. The second kappa shape index (κ2) is 21.4. The summed E-state index contributed by atoms with van der Waals surface area (Å²) in [4.78, 5) is 9.97. The number of benzene rings is 3. The summed E-state index contributed by atoms with van der Waals surface area (Å²) in [6.07, 6.45) is -1.96. The van der Waals surface area contributed by atoms with E-state index in [1.165, 1.54) is 24.3 Å². The van der Waals surface area contributed by atoms with Gasteiger partial charge in [-0.2, -0.15) is 0 Å². The molecule has 0 aromatic heterocycles. The topological polar surface area (TPSA) is 22.2 Å². The van der Waals surface area contributed by atoms with Crippen molar-refractivity contribution in [2.75, 3.05) is 65.4 Å². The van der Waals surface area contributed by atoms with Gasteiger partial charge in [0.1, 0.15) is 17.4 Å². The fourth-order valence-electron chi connectivity index (χ4n) is 6.38. The summed E-state index contributed by atoms with van der Waals surface area (Å²) in [7, 11) is 0. The van der Waals surface area contributed by atoms with Crippen LogP contribution in [0.4, 0.5) is 22.0 Å². The van der Waals surface area contributed by atoms with Crippen LogP contribution in [0.2, 0.25) is 0 Å². The third-order valence-electron chi connectivity index (χ3n) is 9.02. The van der Waals surface area contributed by atoms with E-state index in [9.17, 15) is 22.0 Å². The van der Waals surface area contributed by atoms with Crippen molar-refractivity contribution in [2.24, 2.45) is 0 Å². The lowest BCUT2D eigenvalue weighted by Crippen LogP contribution is -2.53. The summed E-state index contributed by atoms with van der Waals surface area (Å²) in [5.41, 5.74) is 3.50. The molecule has 1 unspecified atom stereocenters. The van der Waals surface area contributed by atoms with Crippen molar-refractivity contribution in [3.63, 3.8) is 0 Å². The van der Waals surface area contributed by atoms with Crippen molar-refractivity contribution in [2.45, 2.75) is 38.7 Å². The smallest absolute Gasteiger partial charge is 0.406 e. The predicted octanol–water partition coefficient (Wildman–Crippen LogP) is 8.76. The molecule has 0 amide bonds. The number of alkyl halides is 3. The Balaban J connectivity index is 0.00000312. The van der Waals surface area contributed by atoms with Crippen molar-refractivity contribution >= 4 is 55.2 Å². The Hall–Kier alpha value is -2.15. The molecule has 0 bridgehead atoms. The van der Waals surface area contributed by atoms with Gasteiger partial charge in [-0.05, 0) is 78.9 Å². The van der Waals surface area contributed by atoms with Crippen LogP contribution in [-0.2, 0) is 0 Å². The summed E-state index contributed by atoms with van der Waals surface area (Å²) in [5.74, 6) is -0.855. The Bertz CT molecular complexity index is 1410. The van der Waals surface area contributed by atoms with Gasteiger partial charge < -0.3 is 9.64 Å². The van der Waals surface area contributed by atoms with Crippen molar-refractivity contribution in [1.82, 2.24) is 19.6 Å². The minimum Gasteiger partial charge on any atom is -0.406 e. The average molecular weight is 789 g/mol. The van der Waals surface area contributed by atoms with Gasteiger partial charge in [0.2, 0.25) is 0 Å². The Kier molecular flexibility index (Phi) is 19.6. The predicted molar refractivity (Wildman–Crippen MR) is 201 cm³/mol. The second-order valence-corrected chi connectivity index (χ2v) is 12.4. The van der Waals surface area contributed by atoms with E-state index in [0.717, 1.165) is 94.1 Å². The monoisotopic (exact) mass is 786 g/mol. The molecule has 0 saturated carbocycles. The summed E-state index contributed by atoms with van der Waals surface area (Å²) < 4.78 is 69.4. The normalized spacial score (nSPS) is 17.2. The van der Waals surface area contributed by atoms with Gasteiger partial charge in [0.25, 0.3) is 0 Å². The van der Waals surface area contributed by atoms with Crippen LogP contribution in [0.15, 0.2) is 78.9 Å². The molecular formula is C36H47Cl4F5N4O. The van der Waals surface area contributed by atoms with Gasteiger partial charge >= 0.3 is 6.36 Å². The van der Waals surface area contributed by atoms with Crippen LogP contribution in [-0.4, -0.2) is 97.5 Å². The molecule has 0 aliphatic carbocycles. The Labute approximate surface area is 317 Å². The van der Waals surface area contributed by atoms with Gasteiger partial charge in [0.15, 0.2) is 0 Å². The first-order valence-electron chi connectivity index (χ1n) is 16.0. The molecule has 3 aromatic rings. The molecule has 0 N–H and O–H groups in total. The van der Waals surface area contributed by atoms with Gasteiger partial charge in [-0.1, -0.05) is 42.5 Å². The highest BCUT2D eigenvalue weighted by Crippen LogP contribution is 2.29. The Morgan fingerprint density at radius 2 is 1.12 bits per heavy atom. The number of halogens is 9. The van der Waals surface area contributed by atoms with E-state index < -0.39 is 6.36 Å². The lowest BCUT2D eigenvalue weighted by atomic mass is 9.96. The minimum atomic E-state index is -4.76. The Morgan fingerprint density at radius 3 is 1.62 bits per heavy atom. The maximum absolute atomic E-state index is 13.8. The standard InChI is InChI=1S/C36H43F5N4O.4ClH/c1-27(2)44-22-24-45(25-23-44)35(30-7-13-32(38)14-8-30)26-43-20-18-42(19-21-43)17-3-4-34(28-5-11-31(37)12-6-28)29-9-15-33(16-10-29)46-36(39,40)41;;;;/h4-16,27,35H,3,17-26H2,1-2H3;4*1H/b34-4-;;;;. The summed E-state index contributed by atoms with van der Waals surface area (Å²) in [6, 6.07) is 19.6. The van der Waals surface area contributed by atoms with Gasteiger partial charge in [0.05, 0.1) is 0 Å². The third kappa shape index (κ3) is 13.4. The van der Waals surface area contributed by atoms with Gasteiger partial charge in [0, 0.05) is 77.5 Å². The molecule has 280 valence electrons. The SMILES string of the molecule is CC(C)N1CCN(C(CN2CCN(CC/C=C(/c3ccc(F)cc3)c3ccc(OC(F)(F)F)cc3)CC2)c2ccc(F)cc2)CC1.Cl.Cl.Cl.Cl. The second-order valence-electron chi connectivity index (χ2n) is 12.4. The Morgan fingerprint density at radius 1 is 0.660 bits per heavy atom. The third-order valence-corrected chi connectivity index (χ3v) is 9.02. The number of ether oxygens (including phenoxy) is 1. The molecule has 14 heteroatoms. The largest absolute Gasteiger partial charge is 0.573 e. The van der Waals surface area contributed by atoms with Crippen LogP contribution in [0, 0.1) is 11.6 Å². The fourth-order valence-corrected chi connectivity index (χ4v) is 6.38. The van der Waals surface area contributed by atoms with E-state index in [1.807, 2.05) is 12.1 Å². The minimum absolute atomic E-state index is 0. The maximum atomic E-state index is 13.8. The number of hydrogen-bond acceptors (Lipinski definition) is 5. The molecule has 2 aliphatic rings. The summed E-state index contributed by atoms with van der Waals surface area (Å²) >= 11 is 0. The zero-order valence-corrected chi connectivity index (χ0v) is 31.4. The van der Waals surface area contributed by atoms with Crippen LogP contribution >= 0.6 is 49.6 Å². The van der Waals surface area contributed by atoms with Gasteiger partial charge in [-0.25, -0.2) is 8.78 Å². The van der Waals surface area contributed by atoms with Crippen LogP contribution < -0.4 is 4.74 Å². The lowest BCUT2D eigenvalue weighted by Gasteiger charge is -2.43. The molecule has 0 spiro atoms. The average Bonchev–Trinajstić information content (AvgIpc) is 3.04. The highest BCUT2D eigenvalue weighted by Gasteiger charge is 2.31. The van der Waals surface area contributed by atoms with Crippen LogP contribution in [0.1, 0.15) is 43.0 Å². The van der Waals surface area contributed by atoms with Crippen molar-refractivity contribution in [1.29, 1.82) is 0 Å². The quantitative estimate of drug-likeness (QED) is 0.181. The highest BCUT2D eigenvalue weighted by atomic mass is 35.5. The molecule has 5 nitrogen and oxygen atoms in total. The van der Waals surface area contributed by atoms with E-state index in [0.29, 0.717) is 6.04 Å². The van der Waals surface area contributed by atoms with E-state index in [-0.39, 0.29) is 73.1 Å². The molecule has 0 radical (unpaired) electrons. The van der Waals surface area contributed by atoms with Crippen LogP contribution in [0.5, 0.6) is 5.75 Å². The van der Waals surface area contributed by atoms with Gasteiger partial charge in [-0.3, -0.25) is 14.7 Å². The first-order chi connectivity index (χ1) is 22.0. The zero-order valence-electron chi connectivity index (χ0n) is 28.2. The molecule has 2 heterocycles. The summed E-state index contributed by atoms with van der Waals surface area (Å²) in [5, 5.41) is 0. The summed E-state index contributed by atoms with van der Waals surface area (Å²) in [6.45, 7) is 13.9. The molecule has 50 heavy (non-hydrogen) atoms. The molecule has 2 fully saturated rings. The van der Waals surface area contributed by atoms with E-state index >= 15 is 0 Å². The van der Waals surface area contributed by atoms with E-state index in [4.69, 9.17) is 0 Å². The number of hydrogen-bond donors (Lipinski definition) is 0. The van der Waals surface area contributed by atoms with E-state index in [2.05, 4.69) is 44.3 Å². The molecule has 1 atom stereocenters. The maximum Gasteiger partial charge on any atom is 0.573 e. The molecule has 2 saturated heterocycles. The lowest BCUT2D eigenvalue weighted by molar-refractivity contribution is -0.274. The highest BCUT2D eigenvalue weighted by molar-refractivity contribution is 5.86.